The minimum absolute atomic E-state index is 0.0608. The van der Waals surface area contributed by atoms with Gasteiger partial charge in [-0.1, -0.05) is 44.2 Å². The summed E-state index contributed by atoms with van der Waals surface area (Å²) in [7, 11) is 0. The van der Waals surface area contributed by atoms with Crippen LogP contribution in [-0.2, 0) is 21.1 Å². The summed E-state index contributed by atoms with van der Waals surface area (Å²) in [4.78, 5) is 31.0. The predicted octanol–water partition coefficient (Wildman–Crippen LogP) is 5.91. The fourth-order valence-electron chi connectivity index (χ4n) is 4.45. The zero-order valence-corrected chi connectivity index (χ0v) is 19.3. The average molecular weight is 470 g/mol. The monoisotopic (exact) mass is 470 g/mol. The number of aromatic amines is 1. The molecule has 1 aromatic heterocycles. The van der Waals surface area contributed by atoms with Gasteiger partial charge in [-0.15, -0.1) is 0 Å². The molecule has 4 rings (SSSR count). The molecular formula is C26H25F3N2O3. The number of para-hydroxylation sites is 1. The molecular weight excluding hydrogens is 445 g/mol. The Morgan fingerprint density at radius 3 is 2.38 bits per heavy atom. The molecule has 0 spiro atoms. The third-order valence-corrected chi connectivity index (χ3v) is 5.79. The van der Waals surface area contributed by atoms with E-state index in [2.05, 4.69) is 4.98 Å². The minimum atomic E-state index is -4.70. The van der Waals surface area contributed by atoms with Crippen LogP contribution in [0.25, 0.3) is 16.5 Å². The van der Waals surface area contributed by atoms with E-state index in [1.807, 2.05) is 38.1 Å². The van der Waals surface area contributed by atoms with Crippen LogP contribution < -0.4 is 0 Å². The molecule has 178 valence electrons. The molecule has 0 saturated carbocycles. The van der Waals surface area contributed by atoms with E-state index in [0.29, 0.717) is 5.69 Å². The number of nitrogens with zero attached hydrogens (tertiary/aromatic N) is 1. The molecule has 1 N–H and O–H groups in total. The standard InChI is InChI=1S/C26H25F3N2O3/c1-15(2)34-24(33)18-13-31(23(32)16-9-5-7-11-19(16)26(27,28)29)14-25(3,4)21-17-10-6-8-12-20(17)30-22(18)21/h5-13,15,30H,14H2,1-4H3. The van der Waals surface area contributed by atoms with Crippen molar-refractivity contribution in [2.45, 2.75) is 45.4 Å². The second kappa shape index (κ2) is 8.34. The predicted molar refractivity (Wildman–Crippen MR) is 123 cm³/mol. The third-order valence-electron chi connectivity index (χ3n) is 5.79. The zero-order chi connectivity index (χ0) is 24.8. The fourth-order valence-corrected chi connectivity index (χ4v) is 4.45. The van der Waals surface area contributed by atoms with Gasteiger partial charge in [0.1, 0.15) is 0 Å². The second-order valence-corrected chi connectivity index (χ2v) is 9.28. The molecule has 1 amide bonds. The summed E-state index contributed by atoms with van der Waals surface area (Å²) < 4.78 is 46.3. The molecule has 0 unspecified atom stereocenters. The van der Waals surface area contributed by atoms with Crippen LogP contribution in [0.4, 0.5) is 13.2 Å². The van der Waals surface area contributed by atoms with Gasteiger partial charge in [0.15, 0.2) is 0 Å². The Bertz CT molecular complexity index is 1300. The van der Waals surface area contributed by atoms with Gasteiger partial charge in [0.05, 0.1) is 28.5 Å². The van der Waals surface area contributed by atoms with Gasteiger partial charge in [-0.2, -0.15) is 13.2 Å². The summed E-state index contributed by atoms with van der Waals surface area (Å²) in [6.07, 6.45) is -3.81. The summed E-state index contributed by atoms with van der Waals surface area (Å²) in [5.41, 5.74) is -0.00598. The van der Waals surface area contributed by atoms with Crippen molar-refractivity contribution in [1.82, 2.24) is 9.88 Å². The Kier molecular flexibility index (Phi) is 5.79. The number of hydrogen-bond donors (Lipinski definition) is 1. The van der Waals surface area contributed by atoms with Gasteiger partial charge in [-0.25, -0.2) is 4.79 Å². The molecule has 0 fully saturated rings. The highest BCUT2D eigenvalue weighted by molar-refractivity contribution is 6.18. The molecule has 3 aromatic rings. The van der Waals surface area contributed by atoms with Crippen LogP contribution >= 0.6 is 0 Å². The molecule has 1 aliphatic rings. The van der Waals surface area contributed by atoms with Crippen molar-refractivity contribution in [2.24, 2.45) is 0 Å². The van der Waals surface area contributed by atoms with Crippen molar-refractivity contribution in [3.8, 4) is 0 Å². The Balaban J connectivity index is 1.91. The Hall–Kier alpha value is -3.55. The summed E-state index contributed by atoms with van der Waals surface area (Å²) in [6.45, 7) is 7.26. The molecule has 8 heteroatoms. The topological polar surface area (TPSA) is 62.4 Å². The summed E-state index contributed by atoms with van der Waals surface area (Å²) in [5.74, 6) is -1.51. The molecule has 0 radical (unpaired) electrons. The third kappa shape index (κ3) is 4.20. The van der Waals surface area contributed by atoms with E-state index in [4.69, 9.17) is 4.74 Å². The maximum absolute atomic E-state index is 13.6. The molecule has 2 heterocycles. The van der Waals surface area contributed by atoms with Crippen LogP contribution in [0.1, 0.15) is 54.9 Å². The van der Waals surface area contributed by atoms with Crippen LogP contribution in [0.5, 0.6) is 0 Å². The Labute approximate surface area is 195 Å². The van der Waals surface area contributed by atoms with Gasteiger partial charge in [-0.3, -0.25) is 4.79 Å². The van der Waals surface area contributed by atoms with E-state index in [1.165, 1.54) is 23.2 Å². The normalized spacial score (nSPS) is 15.6. The number of fused-ring (bicyclic) bond motifs is 3. The Morgan fingerprint density at radius 2 is 1.71 bits per heavy atom. The number of hydrogen-bond acceptors (Lipinski definition) is 3. The van der Waals surface area contributed by atoms with Gasteiger partial charge in [-0.05, 0) is 37.6 Å². The number of esters is 1. The number of carbonyl (C=O) groups excluding carboxylic acids is 2. The SMILES string of the molecule is CC(C)OC(=O)C1=CN(C(=O)c2ccccc2C(F)(F)F)CC(C)(C)c2c1[nH]c1ccccc21. The fraction of sp³-hybridized carbons (Fsp3) is 0.308. The summed E-state index contributed by atoms with van der Waals surface area (Å²) >= 11 is 0. The maximum Gasteiger partial charge on any atom is 0.417 e. The first kappa shape index (κ1) is 23.6. The minimum Gasteiger partial charge on any atom is -0.459 e. The lowest BCUT2D eigenvalue weighted by molar-refractivity contribution is -0.140. The highest BCUT2D eigenvalue weighted by Crippen LogP contribution is 2.41. The van der Waals surface area contributed by atoms with E-state index >= 15 is 0 Å². The maximum atomic E-state index is 13.6. The average Bonchev–Trinajstić information content (AvgIpc) is 3.09. The quantitative estimate of drug-likeness (QED) is 0.484. The first-order valence-electron chi connectivity index (χ1n) is 10.9. The number of carbonyl (C=O) groups is 2. The molecule has 1 aliphatic heterocycles. The molecule has 2 aromatic carbocycles. The van der Waals surface area contributed by atoms with E-state index in [1.54, 1.807) is 13.8 Å². The molecule has 0 aliphatic carbocycles. The number of rotatable bonds is 3. The van der Waals surface area contributed by atoms with Crippen molar-refractivity contribution < 1.29 is 27.5 Å². The summed E-state index contributed by atoms with van der Waals surface area (Å²) in [6, 6.07) is 12.2. The number of benzene rings is 2. The number of nitrogens with one attached hydrogen (secondary N) is 1. The van der Waals surface area contributed by atoms with Gasteiger partial charge in [0.25, 0.3) is 5.91 Å². The second-order valence-electron chi connectivity index (χ2n) is 9.28. The number of halogens is 3. The number of H-pyrrole nitrogens is 1. The van der Waals surface area contributed by atoms with E-state index < -0.39 is 40.7 Å². The zero-order valence-electron chi connectivity index (χ0n) is 19.3. The molecule has 0 saturated heterocycles. The highest BCUT2D eigenvalue weighted by atomic mass is 19.4. The number of amides is 1. The number of alkyl halides is 3. The van der Waals surface area contributed by atoms with Crippen molar-refractivity contribution in [2.75, 3.05) is 6.54 Å². The van der Waals surface area contributed by atoms with Crippen LogP contribution in [-0.4, -0.2) is 34.4 Å². The number of aromatic nitrogens is 1. The van der Waals surface area contributed by atoms with Crippen molar-refractivity contribution in [3.05, 3.63) is 77.1 Å². The van der Waals surface area contributed by atoms with Crippen LogP contribution in [0.15, 0.2) is 54.7 Å². The first-order valence-corrected chi connectivity index (χ1v) is 10.9. The van der Waals surface area contributed by atoms with Gasteiger partial charge >= 0.3 is 12.1 Å². The van der Waals surface area contributed by atoms with Crippen molar-refractivity contribution >= 4 is 28.4 Å². The van der Waals surface area contributed by atoms with Gasteiger partial charge in [0.2, 0.25) is 0 Å². The molecule has 5 nitrogen and oxygen atoms in total. The molecule has 0 bridgehead atoms. The van der Waals surface area contributed by atoms with Crippen molar-refractivity contribution in [1.29, 1.82) is 0 Å². The summed E-state index contributed by atoms with van der Waals surface area (Å²) in [5, 5.41) is 0.871. The van der Waals surface area contributed by atoms with E-state index in [0.717, 1.165) is 28.6 Å². The largest absolute Gasteiger partial charge is 0.459 e. The lowest BCUT2D eigenvalue weighted by atomic mass is 9.81. The van der Waals surface area contributed by atoms with Crippen molar-refractivity contribution in [3.63, 3.8) is 0 Å². The van der Waals surface area contributed by atoms with Gasteiger partial charge < -0.3 is 14.6 Å². The Morgan fingerprint density at radius 1 is 1.06 bits per heavy atom. The molecule has 0 atom stereocenters. The smallest absolute Gasteiger partial charge is 0.417 e. The van der Waals surface area contributed by atoms with Gasteiger partial charge in [0, 0.05) is 29.1 Å². The molecule has 34 heavy (non-hydrogen) atoms. The first-order chi connectivity index (χ1) is 15.9. The lowest BCUT2D eigenvalue weighted by Crippen LogP contribution is -2.37. The van der Waals surface area contributed by atoms with E-state index in [-0.39, 0.29) is 12.1 Å². The van der Waals surface area contributed by atoms with Crippen LogP contribution in [0.3, 0.4) is 0 Å². The number of ether oxygens (including phenoxy) is 1. The van der Waals surface area contributed by atoms with Crippen LogP contribution in [0, 0.1) is 0 Å². The van der Waals surface area contributed by atoms with Crippen LogP contribution in [0.2, 0.25) is 0 Å². The van der Waals surface area contributed by atoms with E-state index in [9.17, 15) is 22.8 Å². The highest BCUT2D eigenvalue weighted by Gasteiger charge is 2.40. The lowest BCUT2D eigenvalue weighted by Gasteiger charge is -2.30.